The van der Waals surface area contributed by atoms with Crippen LogP contribution in [0.5, 0.6) is 0 Å². The van der Waals surface area contributed by atoms with Crippen LogP contribution in [0.1, 0.15) is 97.1 Å². The van der Waals surface area contributed by atoms with Crippen LogP contribution < -0.4 is 5.32 Å². The zero-order valence-corrected chi connectivity index (χ0v) is 37.7. The van der Waals surface area contributed by atoms with Gasteiger partial charge in [0.25, 0.3) is 0 Å². The van der Waals surface area contributed by atoms with Gasteiger partial charge in [-0.3, -0.25) is 9.59 Å². The van der Waals surface area contributed by atoms with Gasteiger partial charge >= 0.3 is 18.3 Å². The average Bonchev–Trinajstić information content (AvgIpc) is 3.27. The van der Waals surface area contributed by atoms with E-state index >= 15 is 0 Å². The van der Waals surface area contributed by atoms with Crippen molar-refractivity contribution >= 4 is 11.9 Å². The summed E-state index contributed by atoms with van der Waals surface area (Å²) in [5.74, 6) is -1.16. The maximum atomic E-state index is 13.2. The number of nitrogens with zero attached hydrogens (tertiary/aromatic N) is 1. The van der Waals surface area contributed by atoms with E-state index in [1.165, 1.54) is 39.9 Å². The summed E-state index contributed by atoms with van der Waals surface area (Å²) in [6.45, 7) is 14.3. The summed E-state index contributed by atoms with van der Waals surface area (Å²) in [5, 5.41) is 11.9. The fourth-order valence-corrected chi connectivity index (χ4v) is 7.22. The van der Waals surface area contributed by atoms with Crippen molar-refractivity contribution < 1.29 is 41.0 Å². The third-order valence-corrected chi connectivity index (χ3v) is 10.8. The number of benzene rings is 6. The number of carboxylic acids is 1. The fourth-order valence-electron chi connectivity index (χ4n) is 7.22. The molecule has 2 atom stereocenters. The summed E-state index contributed by atoms with van der Waals surface area (Å²) in [7, 11) is 0. The number of carbonyl (C=O) groups excluding carboxylic acids is 1. The van der Waals surface area contributed by atoms with Gasteiger partial charge in [-0.1, -0.05) is 146 Å². The van der Waals surface area contributed by atoms with Gasteiger partial charge < -0.3 is 15.3 Å². The summed E-state index contributed by atoms with van der Waals surface area (Å²) in [5.41, 5.74) is 9.14. The predicted octanol–water partition coefficient (Wildman–Crippen LogP) is 14.3. The lowest BCUT2D eigenvalue weighted by molar-refractivity contribution is -0.138. The van der Waals surface area contributed by atoms with E-state index in [9.17, 15) is 35.9 Å². The van der Waals surface area contributed by atoms with Gasteiger partial charge in [-0.25, -0.2) is 0 Å². The predicted molar refractivity (Wildman–Crippen MR) is 248 cm³/mol. The van der Waals surface area contributed by atoms with E-state index in [1.807, 2.05) is 43.9 Å². The first kappa shape index (κ1) is 51.4. The van der Waals surface area contributed by atoms with Gasteiger partial charge in [0.2, 0.25) is 5.91 Å². The second-order valence-electron chi connectivity index (χ2n) is 16.0. The largest absolute Gasteiger partial charge is 0.481 e. The van der Waals surface area contributed by atoms with Gasteiger partial charge in [0.15, 0.2) is 0 Å². The van der Waals surface area contributed by atoms with Crippen LogP contribution >= 0.6 is 0 Å². The first-order valence-electron chi connectivity index (χ1n) is 21.7. The lowest BCUT2D eigenvalue weighted by Crippen LogP contribution is -2.35. The van der Waals surface area contributed by atoms with Crippen LogP contribution in [0.3, 0.4) is 0 Å². The highest BCUT2D eigenvalue weighted by Gasteiger charge is 2.31. The number of amides is 1. The number of aliphatic carboxylic acids is 1. The maximum absolute atomic E-state index is 13.2. The van der Waals surface area contributed by atoms with Gasteiger partial charge in [-0.2, -0.15) is 26.3 Å². The van der Waals surface area contributed by atoms with Crippen LogP contribution in [0, 0.1) is 13.8 Å². The zero-order valence-electron chi connectivity index (χ0n) is 37.7. The Hall–Kier alpha value is -6.20. The molecule has 0 saturated carbocycles. The van der Waals surface area contributed by atoms with Crippen molar-refractivity contribution in [1.82, 2.24) is 10.2 Å². The molecule has 0 aliphatic rings. The van der Waals surface area contributed by atoms with E-state index in [4.69, 9.17) is 5.11 Å². The molecule has 0 bridgehead atoms. The highest BCUT2D eigenvalue weighted by Crippen LogP contribution is 2.34. The molecule has 0 aliphatic heterocycles. The normalized spacial score (nSPS) is 12.2. The molecule has 65 heavy (non-hydrogen) atoms. The van der Waals surface area contributed by atoms with Gasteiger partial charge in [-0.05, 0) is 116 Å². The van der Waals surface area contributed by atoms with Crippen LogP contribution in [0.25, 0.3) is 22.3 Å². The third-order valence-electron chi connectivity index (χ3n) is 10.8. The minimum Gasteiger partial charge on any atom is -0.481 e. The number of nitrogens with one attached hydrogen (secondary N) is 1. The van der Waals surface area contributed by atoms with Crippen LogP contribution in [0.2, 0.25) is 0 Å². The standard InChI is InChI=1S/C27H28F3NO.C18H23N.C9H7F3O2/c1-4-17-31(26(32)18-21-11-15-23(16-12-21)27(28,29)30)20(3)24-7-5-6-8-25(24)22-13-9-19(2)10-14-22;1-4-13-19-15(3)17-7-5-6-8-18(17)16-11-9-14(2)10-12-16;10-9(11,12)7-3-1-6(2-4-7)5-8(13)14/h5-16,20H,4,17-18H2,1-3H3;5-12,15,19H,4,13H2,1-3H3;1-4H,5H2,(H,13,14). The van der Waals surface area contributed by atoms with Gasteiger partial charge in [0.05, 0.1) is 30.0 Å². The number of hydrogen-bond donors (Lipinski definition) is 2. The van der Waals surface area contributed by atoms with Crippen molar-refractivity contribution in [3.63, 3.8) is 0 Å². The van der Waals surface area contributed by atoms with E-state index in [2.05, 4.69) is 105 Å². The minimum absolute atomic E-state index is 0.0647. The maximum Gasteiger partial charge on any atom is 0.416 e. The SMILES string of the molecule is CCCN(C(=O)Cc1ccc(C(F)(F)F)cc1)C(C)c1ccccc1-c1ccc(C)cc1.CCCNC(C)c1ccccc1-c1ccc(C)cc1.O=C(O)Cc1ccc(C(F)(F)F)cc1. The molecule has 2 unspecified atom stereocenters. The summed E-state index contributed by atoms with van der Waals surface area (Å²) >= 11 is 0. The summed E-state index contributed by atoms with van der Waals surface area (Å²) < 4.78 is 74.7. The fraction of sp³-hybridized carbons (Fsp3) is 0.296. The number of hydrogen-bond acceptors (Lipinski definition) is 3. The highest BCUT2D eigenvalue weighted by molar-refractivity contribution is 5.80. The molecule has 0 radical (unpaired) electrons. The molecule has 11 heteroatoms. The van der Waals surface area contributed by atoms with Crippen LogP contribution in [0.15, 0.2) is 146 Å². The van der Waals surface area contributed by atoms with E-state index < -0.39 is 29.4 Å². The number of alkyl halides is 6. The topological polar surface area (TPSA) is 69.6 Å². The molecule has 0 saturated heterocycles. The third kappa shape index (κ3) is 15.8. The Morgan fingerprint density at radius 1 is 0.569 bits per heavy atom. The van der Waals surface area contributed by atoms with Crippen molar-refractivity contribution in [1.29, 1.82) is 0 Å². The summed E-state index contributed by atoms with van der Waals surface area (Å²) in [4.78, 5) is 25.2. The van der Waals surface area contributed by atoms with E-state index in [0.29, 0.717) is 23.7 Å². The smallest absolute Gasteiger partial charge is 0.416 e. The Morgan fingerprint density at radius 3 is 1.40 bits per heavy atom. The quantitative estimate of drug-likeness (QED) is 0.107. The molecule has 344 valence electrons. The Balaban J connectivity index is 0.000000237. The van der Waals surface area contributed by atoms with Crippen molar-refractivity contribution in [2.75, 3.05) is 13.1 Å². The van der Waals surface area contributed by atoms with E-state index in [0.717, 1.165) is 72.5 Å². The second-order valence-corrected chi connectivity index (χ2v) is 16.0. The van der Waals surface area contributed by atoms with E-state index in [-0.39, 0.29) is 24.8 Å². The lowest BCUT2D eigenvalue weighted by atomic mass is 9.94. The van der Waals surface area contributed by atoms with Crippen molar-refractivity contribution in [2.24, 2.45) is 0 Å². The molecule has 1 amide bonds. The number of carbonyl (C=O) groups is 2. The van der Waals surface area contributed by atoms with Gasteiger partial charge in [-0.15, -0.1) is 0 Å². The summed E-state index contributed by atoms with van der Waals surface area (Å²) in [6.07, 6.45) is -7.01. The minimum atomic E-state index is -4.38. The van der Waals surface area contributed by atoms with Crippen molar-refractivity contribution in [2.45, 2.75) is 91.7 Å². The van der Waals surface area contributed by atoms with Crippen LogP contribution in [-0.2, 0) is 34.8 Å². The van der Waals surface area contributed by atoms with Gasteiger partial charge in [0.1, 0.15) is 0 Å². The first-order valence-corrected chi connectivity index (χ1v) is 21.7. The Labute approximate surface area is 379 Å². The molecule has 0 fully saturated rings. The number of carboxylic acid groups (broad SMARTS) is 1. The second kappa shape index (κ2) is 24.2. The van der Waals surface area contributed by atoms with Crippen molar-refractivity contribution in [3.8, 4) is 22.3 Å². The molecule has 0 aliphatic carbocycles. The Morgan fingerprint density at radius 2 is 0.985 bits per heavy atom. The number of aryl methyl sites for hydroxylation is 2. The van der Waals surface area contributed by atoms with Gasteiger partial charge in [0, 0.05) is 12.6 Å². The molecule has 2 N–H and O–H groups in total. The Kier molecular flexibility index (Phi) is 19.1. The number of halogens is 6. The summed E-state index contributed by atoms with van der Waals surface area (Å²) in [6, 6.07) is 42.9. The van der Waals surface area contributed by atoms with Crippen LogP contribution in [-0.4, -0.2) is 35.0 Å². The molecule has 0 spiro atoms. The molecule has 6 rings (SSSR count). The van der Waals surface area contributed by atoms with Crippen molar-refractivity contribution in [3.05, 3.63) is 190 Å². The van der Waals surface area contributed by atoms with E-state index in [1.54, 1.807) is 0 Å². The number of rotatable bonds is 14. The molecule has 6 aromatic carbocycles. The Bertz CT molecular complexity index is 2390. The highest BCUT2D eigenvalue weighted by atomic mass is 19.4. The van der Waals surface area contributed by atoms with Crippen LogP contribution in [0.4, 0.5) is 26.3 Å². The average molecular weight is 897 g/mol. The zero-order chi connectivity index (χ0) is 47.7. The first-order chi connectivity index (χ1) is 30.8. The molecular formula is C54H58F6N2O3. The molecular weight excluding hydrogens is 839 g/mol. The molecule has 5 nitrogen and oxygen atoms in total. The molecule has 0 heterocycles. The monoisotopic (exact) mass is 896 g/mol. The lowest BCUT2D eigenvalue weighted by Gasteiger charge is -2.31. The molecule has 0 aromatic heterocycles. The molecule has 6 aromatic rings.